The van der Waals surface area contributed by atoms with Crippen LogP contribution in [0, 0.1) is 18.6 Å². The molecule has 2 aromatic carbocycles. The smallest absolute Gasteiger partial charge is 0.344 e. The third kappa shape index (κ3) is 7.10. The number of hydrogen-bond donors (Lipinski definition) is 2. The molecule has 3 aromatic rings. The summed E-state index contributed by atoms with van der Waals surface area (Å²) in [6, 6.07) is 12.7. The molecule has 13 heteroatoms. The zero-order chi connectivity index (χ0) is 29.9. The van der Waals surface area contributed by atoms with E-state index in [1.165, 1.54) is 6.92 Å². The molecule has 0 saturated carbocycles. The van der Waals surface area contributed by atoms with Gasteiger partial charge in [0.1, 0.15) is 11.9 Å². The average molecular weight is 592 g/mol. The Morgan fingerprint density at radius 3 is 2.54 bits per heavy atom. The molecule has 1 fully saturated rings. The highest BCUT2D eigenvalue weighted by atomic mass is 32.2. The van der Waals surface area contributed by atoms with Crippen LogP contribution >= 0.6 is 0 Å². The van der Waals surface area contributed by atoms with Crippen LogP contribution in [0.3, 0.4) is 0 Å². The summed E-state index contributed by atoms with van der Waals surface area (Å²) in [6.07, 6.45) is -1.18. The van der Waals surface area contributed by atoms with Crippen LogP contribution < -0.4 is 19.9 Å². The van der Waals surface area contributed by atoms with E-state index in [0.717, 1.165) is 32.8 Å². The van der Waals surface area contributed by atoms with E-state index < -0.39 is 57.3 Å². The SMILES string of the molecule is CC[C@@H](Oc1nc(Oc2cc(C)cc(-c3cccc(CN)c3)c2)c(F)c(OC2CCN(S(C)(=O)=O)C2)c1F)C(=O)O. The van der Waals surface area contributed by atoms with Crippen molar-refractivity contribution in [1.29, 1.82) is 0 Å². The second kappa shape index (κ2) is 12.4. The first-order chi connectivity index (χ1) is 19.4. The summed E-state index contributed by atoms with van der Waals surface area (Å²) >= 11 is 0. The third-order valence-electron chi connectivity index (χ3n) is 6.50. The Morgan fingerprint density at radius 2 is 1.90 bits per heavy atom. The lowest BCUT2D eigenvalue weighted by molar-refractivity contribution is -0.145. The Kier molecular flexibility index (Phi) is 9.10. The first-order valence-electron chi connectivity index (χ1n) is 12.9. The van der Waals surface area contributed by atoms with Crippen molar-refractivity contribution in [3.8, 4) is 34.4 Å². The Morgan fingerprint density at radius 1 is 1.17 bits per heavy atom. The zero-order valence-corrected chi connectivity index (χ0v) is 23.6. The van der Waals surface area contributed by atoms with Gasteiger partial charge in [0.25, 0.3) is 11.8 Å². The van der Waals surface area contributed by atoms with Crippen LogP contribution in [-0.2, 0) is 21.4 Å². The Hall–Kier alpha value is -3.81. The number of aliphatic carboxylic acids is 1. The lowest BCUT2D eigenvalue weighted by Gasteiger charge is -2.20. The van der Waals surface area contributed by atoms with Crippen LogP contribution in [0.25, 0.3) is 11.1 Å². The van der Waals surface area contributed by atoms with E-state index in [1.807, 2.05) is 37.3 Å². The molecule has 1 aromatic heterocycles. The van der Waals surface area contributed by atoms with Gasteiger partial charge in [-0.15, -0.1) is 0 Å². The van der Waals surface area contributed by atoms with E-state index >= 15 is 8.78 Å². The number of aromatic nitrogens is 1. The van der Waals surface area contributed by atoms with Crippen molar-refractivity contribution in [1.82, 2.24) is 9.29 Å². The quantitative estimate of drug-likeness (QED) is 0.335. The maximum Gasteiger partial charge on any atom is 0.344 e. The fraction of sp³-hybridized carbons (Fsp3) is 0.357. The standard InChI is InChI=1S/C28H31F2N3O7S/c1-4-22(28(34)35)40-27-24(30)25(38-20-8-9-33(15-20)41(3,36)37)23(29)26(32-27)39-21-11-16(2)10-19(13-21)18-7-5-6-17(12-18)14-31/h5-7,10-13,20,22H,4,8-9,14-15,31H2,1-3H3,(H,34,35)/t20?,22-/m1/s1. The summed E-state index contributed by atoms with van der Waals surface area (Å²) in [5, 5.41) is 9.41. The number of sulfonamides is 1. The topological polar surface area (TPSA) is 141 Å². The number of carboxylic acids is 1. The van der Waals surface area contributed by atoms with E-state index in [0.29, 0.717) is 6.54 Å². The van der Waals surface area contributed by atoms with E-state index in [9.17, 15) is 18.3 Å². The second-order valence-electron chi connectivity index (χ2n) is 9.72. The fourth-order valence-electron chi connectivity index (χ4n) is 4.40. The molecule has 1 aliphatic heterocycles. The molecule has 4 rings (SSSR count). The van der Waals surface area contributed by atoms with Crippen LogP contribution in [0.5, 0.6) is 23.3 Å². The van der Waals surface area contributed by atoms with E-state index in [1.54, 1.807) is 12.1 Å². The molecule has 41 heavy (non-hydrogen) atoms. The number of rotatable bonds is 11. The normalized spacial score (nSPS) is 16.4. The van der Waals surface area contributed by atoms with Crippen LogP contribution in [0.15, 0.2) is 42.5 Å². The molecular weight excluding hydrogens is 560 g/mol. The van der Waals surface area contributed by atoms with Crippen molar-refractivity contribution in [2.75, 3.05) is 19.3 Å². The van der Waals surface area contributed by atoms with Gasteiger partial charge in [0.05, 0.1) is 12.8 Å². The minimum absolute atomic E-state index is 0.0325. The number of carboxylic acid groups (broad SMARTS) is 1. The number of benzene rings is 2. The monoisotopic (exact) mass is 591 g/mol. The molecule has 2 heterocycles. The van der Waals surface area contributed by atoms with Crippen molar-refractivity contribution in [2.24, 2.45) is 5.73 Å². The number of nitrogens with two attached hydrogens (primary N) is 1. The number of nitrogens with zero attached hydrogens (tertiary/aromatic N) is 2. The van der Waals surface area contributed by atoms with Crippen molar-refractivity contribution in [3.05, 3.63) is 65.2 Å². The first kappa shape index (κ1) is 30.2. The third-order valence-corrected chi connectivity index (χ3v) is 7.77. The Labute approximate surface area is 236 Å². The van der Waals surface area contributed by atoms with E-state index in [4.69, 9.17) is 19.9 Å². The summed E-state index contributed by atoms with van der Waals surface area (Å²) in [7, 11) is -3.54. The predicted octanol–water partition coefficient (Wildman–Crippen LogP) is 4.24. The van der Waals surface area contributed by atoms with Gasteiger partial charge < -0.3 is 25.1 Å². The average Bonchev–Trinajstić information content (AvgIpc) is 3.41. The number of aryl methyl sites for hydroxylation is 1. The summed E-state index contributed by atoms with van der Waals surface area (Å²) < 4.78 is 72.8. The number of pyridine rings is 1. The summed E-state index contributed by atoms with van der Waals surface area (Å²) in [5.74, 6) is -6.30. The number of hydrogen-bond acceptors (Lipinski definition) is 8. The van der Waals surface area contributed by atoms with Gasteiger partial charge in [0.15, 0.2) is 6.10 Å². The lowest BCUT2D eigenvalue weighted by atomic mass is 10.0. The molecule has 0 aliphatic carbocycles. The van der Waals surface area contributed by atoms with Crippen LogP contribution in [0.4, 0.5) is 8.78 Å². The van der Waals surface area contributed by atoms with Gasteiger partial charge in [-0.1, -0.05) is 31.2 Å². The molecule has 1 aliphatic rings. The fourth-order valence-corrected chi connectivity index (χ4v) is 5.27. The summed E-state index contributed by atoms with van der Waals surface area (Å²) in [5.41, 5.74) is 9.03. The maximum absolute atomic E-state index is 15.7. The molecule has 10 nitrogen and oxygen atoms in total. The van der Waals surface area contributed by atoms with Gasteiger partial charge in [-0.05, 0) is 60.2 Å². The molecule has 0 bridgehead atoms. The van der Waals surface area contributed by atoms with E-state index in [2.05, 4.69) is 4.98 Å². The van der Waals surface area contributed by atoms with Crippen molar-refractivity contribution >= 4 is 16.0 Å². The van der Waals surface area contributed by atoms with Gasteiger partial charge in [-0.25, -0.2) is 13.2 Å². The molecule has 220 valence electrons. The van der Waals surface area contributed by atoms with Crippen molar-refractivity contribution in [3.63, 3.8) is 0 Å². The molecule has 1 saturated heterocycles. The van der Waals surface area contributed by atoms with Crippen LogP contribution in [-0.4, -0.2) is 60.3 Å². The largest absolute Gasteiger partial charge is 0.483 e. The molecule has 2 atom stereocenters. The number of carbonyl (C=O) groups is 1. The molecule has 0 radical (unpaired) electrons. The second-order valence-corrected chi connectivity index (χ2v) is 11.7. The highest BCUT2D eigenvalue weighted by molar-refractivity contribution is 7.88. The first-order valence-corrected chi connectivity index (χ1v) is 14.7. The Balaban J connectivity index is 1.73. The van der Waals surface area contributed by atoms with E-state index in [-0.39, 0.29) is 31.7 Å². The Bertz CT molecular complexity index is 1550. The summed E-state index contributed by atoms with van der Waals surface area (Å²) in [4.78, 5) is 15.4. The molecule has 0 amide bonds. The molecular formula is C28H31F2N3O7S. The molecule has 0 spiro atoms. The minimum Gasteiger partial charge on any atom is -0.483 e. The molecule has 1 unspecified atom stereocenters. The van der Waals surface area contributed by atoms with Crippen molar-refractivity contribution < 1.29 is 41.3 Å². The number of ether oxygens (including phenoxy) is 3. The van der Waals surface area contributed by atoms with Crippen molar-refractivity contribution in [2.45, 2.75) is 45.4 Å². The van der Waals surface area contributed by atoms with Crippen LogP contribution in [0.1, 0.15) is 30.9 Å². The van der Waals surface area contributed by atoms with Gasteiger partial charge >= 0.3 is 5.97 Å². The van der Waals surface area contributed by atoms with Gasteiger partial charge in [0.2, 0.25) is 27.4 Å². The van der Waals surface area contributed by atoms with Gasteiger partial charge in [0, 0.05) is 13.1 Å². The zero-order valence-electron chi connectivity index (χ0n) is 22.8. The minimum atomic E-state index is -3.54. The highest BCUT2D eigenvalue weighted by Crippen LogP contribution is 2.38. The van der Waals surface area contributed by atoms with Gasteiger partial charge in [-0.3, -0.25) is 0 Å². The molecule has 3 N–H and O–H groups in total. The highest BCUT2D eigenvalue weighted by Gasteiger charge is 2.34. The number of halogens is 2. The summed E-state index contributed by atoms with van der Waals surface area (Å²) in [6.45, 7) is 3.66. The van der Waals surface area contributed by atoms with Crippen LogP contribution in [0.2, 0.25) is 0 Å². The predicted molar refractivity (Wildman–Crippen MR) is 147 cm³/mol. The van der Waals surface area contributed by atoms with Gasteiger partial charge in [-0.2, -0.15) is 18.1 Å². The maximum atomic E-state index is 15.7. The lowest BCUT2D eigenvalue weighted by Crippen LogP contribution is -2.30.